The van der Waals surface area contributed by atoms with Gasteiger partial charge < -0.3 is 9.47 Å². The van der Waals surface area contributed by atoms with E-state index in [9.17, 15) is 9.18 Å². The lowest BCUT2D eigenvalue weighted by molar-refractivity contribution is 0.0954. The van der Waals surface area contributed by atoms with Gasteiger partial charge in [0.15, 0.2) is 11.5 Å². The second-order valence-corrected chi connectivity index (χ2v) is 6.31. The van der Waals surface area contributed by atoms with E-state index in [2.05, 4.69) is 15.6 Å². The van der Waals surface area contributed by atoms with Crippen molar-refractivity contribution < 1.29 is 18.7 Å². The molecule has 3 rings (SSSR count). The normalized spacial score (nSPS) is 10.9. The molecule has 0 aliphatic carbocycles. The Morgan fingerprint density at radius 3 is 2.52 bits per heavy atom. The highest BCUT2D eigenvalue weighted by Gasteiger charge is 2.14. The number of aryl methyl sites for hydroxylation is 1. The highest BCUT2D eigenvalue weighted by molar-refractivity contribution is 6.32. The molecule has 0 atom stereocenters. The number of carbonyl (C=O) groups is 1. The fourth-order valence-electron chi connectivity index (χ4n) is 2.61. The Labute approximate surface area is 171 Å². The minimum atomic E-state index is -0.429. The predicted octanol–water partition coefficient (Wildman–Crippen LogP) is 3.75. The van der Waals surface area contributed by atoms with E-state index in [1.54, 1.807) is 37.3 Å². The van der Waals surface area contributed by atoms with Crippen molar-refractivity contribution >= 4 is 23.7 Å². The van der Waals surface area contributed by atoms with Crippen LogP contribution in [0.2, 0.25) is 5.15 Å². The summed E-state index contributed by atoms with van der Waals surface area (Å²) >= 11 is 6.38. The highest BCUT2D eigenvalue weighted by Crippen LogP contribution is 2.27. The molecule has 9 heteroatoms. The average Bonchev–Trinajstić information content (AvgIpc) is 3.01. The molecule has 0 saturated heterocycles. The molecule has 1 heterocycles. The number of ether oxygens (including phenoxy) is 2. The number of nitrogens with zero attached hydrogens (tertiary/aromatic N) is 3. The topological polar surface area (TPSA) is 77.7 Å². The van der Waals surface area contributed by atoms with Gasteiger partial charge >= 0.3 is 0 Å². The van der Waals surface area contributed by atoms with Gasteiger partial charge in [-0.3, -0.25) is 4.79 Å². The Morgan fingerprint density at radius 1 is 1.17 bits per heavy atom. The van der Waals surface area contributed by atoms with Crippen molar-refractivity contribution in [1.29, 1.82) is 0 Å². The van der Waals surface area contributed by atoms with Gasteiger partial charge in [0.1, 0.15) is 11.0 Å². The van der Waals surface area contributed by atoms with Gasteiger partial charge in [-0.15, -0.1) is 0 Å². The lowest BCUT2D eigenvalue weighted by Gasteiger charge is -2.08. The Hall–Kier alpha value is -3.39. The third kappa shape index (κ3) is 4.38. The van der Waals surface area contributed by atoms with E-state index in [-0.39, 0.29) is 5.82 Å². The number of hydrogen-bond acceptors (Lipinski definition) is 5. The van der Waals surface area contributed by atoms with Crippen LogP contribution in [0.4, 0.5) is 4.39 Å². The summed E-state index contributed by atoms with van der Waals surface area (Å²) in [4.78, 5) is 12.3. The standard InChI is InChI=1S/C20H18ClFN4O3/c1-12-16(19(21)26(25-12)15-7-5-14(22)6-8-15)11-23-24-20(27)13-4-9-17(28-2)18(10-13)29-3/h4-11H,1-3H3,(H,24,27)/b23-11-. The molecule has 0 aliphatic rings. The maximum atomic E-state index is 13.1. The molecule has 0 saturated carbocycles. The molecule has 0 radical (unpaired) electrons. The maximum Gasteiger partial charge on any atom is 0.271 e. The van der Waals surface area contributed by atoms with E-state index in [1.807, 2.05) is 0 Å². The summed E-state index contributed by atoms with van der Waals surface area (Å²) in [6.07, 6.45) is 1.41. The zero-order chi connectivity index (χ0) is 21.0. The van der Waals surface area contributed by atoms with Crippen molar-refractivity contribution in [3.63, 3.8) is 0 Å². The monoisotopic (exact) mass is 416 g/mol. The Morgan fingerprint density at radius 2 is 1.86 bits per heavy atom. The van der Waals surface area contributed by atoms with Crippen molar-refractivity contribution in [2.75, 3.05) is 14.2 Å². The Bertz CT molecular complexity index is 1060. The van der Waals surface area contributed by atoms with Crippen LogP contribution >= 0.6 is 11.6 Å². The SMILES string of the molecule is COc1ccc(C(=O)N/N=C\c2c(C)nn(-c3ccc(F)cc3)c2Cl)cc1OC. The summed E-state index contributed by atoms with van der Waals surface area (Å²) < 4.78 is 24.9. The first-order valence-electron chi connectivity index (χ1n) is 8.51. The number of hydrogen-bond donors (Lipinski definition) is 1. The molecular formula is C20H18ClFN4O3. The third-order valence-corrected chi connectivity index (χ3v) is 4.49. The first kappa shape index (κ1) is 20.3. The summed E-state index contributed by atoms with van der Waals surface area (Å²) in [5.74, 6) is 0.169. The smallest absolute Gasteiger partial charge is 0.271 e. The van der Waals surface area contributed by atoms with Gasteiger partial charge in [-0.25, -0.2) is 14.5 Å². The number of carbonyl (C=O) groups excluding carboxylic acids is 1. The third-order valence-electron chi connectivity index (χ3n) is 4.12. The predicted molar refractivity (Wildman–Crippen MR) is 108 cm³/mol. The van der Waals surface area contributed by atoms with E-state index in [0.717, 1.165) is 0 Å². The molecule has 2 aromatic carbocycles. The molecule has 7 nitrogen and oxygen atoms in total. The van der Waals surface area contributed by atoms with Crippen LogP contribution in [0.25, 0.3) is 5.69 Å². The van der Waals surface area contributed by atoms with Gasteiger partial charge in [-0.05, 0) is 49.4 Å². The lowest BCUT2D eigenvalue weighted by Crippen LogP contribution is -2.17. The molecule has 29 heavy (non-hydrogen) atoms. The lowest BCUT2D eigenvalue weighted by atomic mass is 10.2. The van der Waals surface area contributed by atoms with Gasteiger partial charge in [0.25, 0.3) is 5.91 Å². The molecule has 0 spiro atoms. The number of methoxy groups -OCH3 is 2. The van der Waals surface area contributed by atoms with Crippen molar-refractivity contribution in [2.24, 2.45) is 5.10 Å². The fourth-order valence-corrected chi connectivity index (χ4v) is 2.93. The van der Waals surface area contributed by atoms with Crippen molar-refractivity contribution in [1.82, 2.24) is 15.2 Å². The van der Waals surface area contributed by atoms with Gasteiger partial charge in [0.05, 0.1) is 37.4 Å². The minimum Gasteiger partial charge on any atom is -0.493 e. The molecule has 1 aromatic heterocycles. The number of amides is 1. The number of benzene rings is 2. The highest BCUT2D eigenvalue weighted by atomic mass is 35.5. The van der Waals surface area contributed by atoms with Crippen LogP contribution in [0, 0.1) is 12.7 Å². The first-order chi connectivity index (χ1) is 13.9. The molecule has 1 N–H and O–H groups in total. The number of nitrogens with one attached hydrogen (secondary N) is 1. The van der Waals surface area contributed by atoms with Crippen LogP contribution in [0.1, 0.15) is 21.6 Å². The number of rotatable bonds is 6. The van der Waals surface area contributed by atoms with Gasteiger partial charge in [-0.1, -0.05) is 11.6 Å². The molecule has 150 valence electrons. The summed E-state index contributed by atoms with van der Waals surface area (Å²) in [7, 11) is 3.00. The number of aromatic nitrogens is 2. The summed E-state index contributed by atoms with van der Waals surface area (Å²) in [5.41, 5.74) is 4.52. The van der Waals surface area contributed by atoms with Crippen molar-refractivity contribution in [2.45, 2.75) is 6.92 Å². The zero-order valence-corrected chi connectivity index (χ0v) is 16.7. The van der Waals surface area contributed by atoms with Crippen LogP contribution < -0.4 is 14.9 Å². The van der Waals surface area contributed by atoms with E-state index in [4.69, 9.17) is 21.1 Å². The molecule has 0 unspecified atom stereocenters. The molecule has 0 aliphatic heterocycles. The summed E-state index contributed by atoms with van der Waals surface area (Å²) in [6.45, 7) is 1.75. The van der Waals surface area contributed by atoms with Gasteiger partial charge in [0.2, 0.25) is 0 Å². The summed E-state index contributed by atoms with van der Waals surface area (Å²) in [6, 6.07) is 10.5. The van der Waals surface area contributed by atoms with Crippen LogP contribution in [0.15, 0.2) is 47.6 Å². The molecular weight excluding hydrogens is 399 g/mol. The fraction of sp³-hybridized carbons (Fsp3) is 0.150. The minimum absolute atomic E-state index is 0.290. The number of halogens is 2. The second-order valence-electron chi connectivity index (χ2n) is 5.95. The zero-order valence-electron chi connectivity index (χ0n) is 15.9. The second kappa shape index (κ2) is 8.74. The molecule has 0 bridgehead atoms. The van der Waals surface area contributed by atoms with Crippen LogP contribution in [-0.4, -0.2) is 36.1 Å². The molecule has 0 fully saturated rings. The molecule has 1 amide bonds. The number of hydrazone groups is 1. The van der Waals surface area contributed by atoms with Gasteiger partial charge in [-0.2, -0.15) is 10.2 Å². The van der Waals surface area contributed by atoms with E-state index in [0.29, 0.717) is 39.2 Å². The first-order valence-corrected chi connectivity index (χ1v) is 8.89. The van der Waals surface area contributed by atoms with E-state index < -0.39 is 5.91 Å². The summed E-state index contributed by atoms with van der Waals surface area (Å²) in [5, 5.41) is 8.59. The van der Waals surface area contributed by atoms with Crippen molar-refractivity contribution in [3.8, 4) is 17.2 Å². The quantitative estimate of drug-likeness (QED) is 0.490. The molecule has 3 aromatic rings. The van der Waals surface area contributed by atoms with Crippen LogP contribution in [-0.2, 0) is 0 Å². The Balaban J connectivity index is 1.77. The van der Waals surface area contributed by atoms with Crippen LogP contribution in [0.3, 0.4) is 0 Å². The van der Waals surface area contributed by atoms with E-state index in [1.165, 1.54) is 37.2 Å². The van der Waals surface area contributed by atoms with Crippen molar-refractivity contribution in [3.05, 3.63) is 70.3 Å². The average molecular weight is 417 g/mol. The van der Waals surface area contributed by atoms with Crippen LogP contribution in [0.5, 0.6) is 11.5 Å². The maximum absolute atomic E-state index is 13.1. The largest absolute Gasteiger partial charge is 0.493 e. The Kier molecular flexibility index (Phi) is 6.13. The van der Waals surface area contributed by atoms with Gasteiger partial charge in [0, 0.05) is 5.56 Å². The van der Waals surface area contributed by atoms with E-state index >= 15 is 0 Å².